The normalized spacial score (nSPS) is 39.9. The lowest BCUT2D eigenvalue weighted by Gasteiger charge is -2.54. The van der Waals surface area contributed by atoms with Gasteiger partial charge in [-0.05, 0) is 31.7 Å². The van der Waals surface area contributed by atoms with E-state index in [2.05, 4.69) is 24.0 Å². The molecule has 0 aliphatic carbocycles. The van der Waals surface area contributed by atoms with Gasteiger partial charge < -0.3 is 18.9 Å². The highest BCUT2D eigenvalue weighted by molar-refractivity contribution is 6.00. The molecule has 0 aromatic heterocycles. The summed E-state index contributed by atoms with van der Waals surface area (Å²) in [4.78, 5) is 7.72. The molecule has 0 saturated carbocycles. The lowest BCUT2D eigenvalue weighted by atomic mass is 9.68. The molecule has 0 radical (unpaired) electrons. The van der Waals surface area contributed by atoms with Crippen LogP contribution < -0.4 is 14.2 Å². The Morgan fingerprint density at radius 2 is 2.04 bits per heavy atom. The maximum Gasteiger partial charge on any atom is 0.205 e. The number of ether oxygens (including phenoxy) is 4. The SMILES string of the molecule is CC=C1CN2[C@H]3C[C@@H]1[C@@H]1COC4=Nc5c(cc(OC)c(OC)c5OC)[C@@]43C[C@@H]12. The molecule has 1 aromatic rings. The summed E-state index contributed by atoms with van der Waals surface area (Å²) in [6, 6.07) is 3.10. The third kappa shape index (κ3) is 1.68. The summed E-state index contributed by atoms with van der Waals surface area (Å²) in [6.45, 7) is 4.01. The Morgan fingerprint density at radius 1 is 1.21 bits per heavy atom. The van der Waals surface area contributed by atoms with Gasteiger partial charge in [0.25, 0.3) is 0 Å². The van der Waals surface area contributed by atoms with Crippen molar-refractivity contribution in [3.05, 3.63) is 23.3 Å². The number of hydrogen-bond donors (Lipinski definition) is 0. The second-order valence-corrected chi connectivity index (χ2v) is 8.57. The standard InChI is InChI=1S/C22H26N2O4/c1-5-11-9-24-15-8-22-14-7-16(25-2)19(26-3)20(27-4)18(14)23-21(22)28-10-13(15)12(11)6-17(22)24/h5,7,12-13,15,17H,6,8-10H2,1-4H3/t12-,13-,15-,17-,22+/m0/s1. The summed E-state index contributed by atoms with van der Waals surface area (Å²) in [6.07, 6.45) is 4.57. The number of nitrogens with zero attached hydrogens (tertiary/aromatic N) is 2. The number of aliphatic imine (C=N–C) groups is 1. The number of methoxy groups -OCH3 is 3. The average molecular weight is 382 g/mol. The van der Waals surface area contributed by atoms with Gasteiger partial charge in [-0.15, -0.1) is 0 Å². The Kier molecular flexibility index (Phi) is 3.25. The van der Waals surface area contributed by atoms with E-state index in [0.717, 1.165) is 31.2 Å². The van der Waals surface area contributed by atoms with E-state index in [1.54, 1.807) is 26.9 Å². The smallest absolute Gasteiger partial charge is 0.205 e. The zero-order valence-electron chi connectivity index (χ0n) is 16.8. The fourth-order valence-electron chi connectivity index (χ4n) is 6.79. The van der Waals surface area contributed by atoms with Crippen molar-refractivity contribution in [2.75, 3.05) is 34.5 Å². The third-order valence-electron chi connectivity index (χ3n) is 7.92. The van der Waals surface area contributed by atoms with Crippen LogP contribution in [0.1, 0.15) is 25.3 Å². The minimum Gasteiger partial charge on any atom is -0.493 e. The van der Waals surface area contributed by atoms with Gasteiger partial charge in [-0.2, -0.15) is 0 Å². The number of hydrogen-bond acceptors (Lipinski definition) is 6. The van der Waals surface area contributed by atoms with Crippen LogP contribution in [0.5, 0.6) is 17.2 Å². The van der Waals surface area contributed by atoms with Gasteiger partial charge in [0.2, 0.25) is 11.6 Å². The molecule has 6 nitrogen and oxygen atoms in total. The first-order valence-electron chi connectivity index (χ1n) is 10.1. The Hall–Kier alpha value is -2.21. The second-order valence-electron chi connectivity index (χ2n) is 8.57. The number of benzene rings is 1. The molecule has 148 valence electrons. The van der Waals surface area contributed by atoms with Crippen LogP contribution in [0.4, 0.5) is 5.69 Å². The van der Waals surface area contributed by atoms with E-state index < -0.39 is 0 Å². The predicted molar refractivity (Wildman–Crippen MR) is 105 cm³/mol. The van der Waals surface area contributed by atoms with Gasteiger partial charge in [-0.25, -0.2) is 4.99 Å². The van der Waals surface area contributed by atoms with Gasteiger partial charge in [0, 0.05) is 30.1 Å². The molecule has 6 atom stereocenters. The molecule has 1 spiro atoms. The highest BCUT2D eigenvalue weighted by atomic mass is 16.5. The van der Waals surface area contributed by atoms with Gasteiger partial charge in [-0.3, -0.25) is 4.90 Å². The number of piperidine rings is 3. The lowest BCUT2D eigenvalue weighted by Crippen LogP contribution is -2.61. The third-order valence-corrected chi connectivity index (χ3v) is 7.92. The summed E-state index contributed by atoms with van der Waals surface area (Å²) < 4.78 is 23.4. The van der Waals surface area contributed by atoms with E-state index >= 15 is 0 Å². The molecule has 6 heteroatoms. The van der Waals surface area contributed by atoms with Crippen molar-refractivity contribution >= 4 is 11.6 Å². The van der Waals surface area contributed by atoms with Crippen molar-refractivity contribution in [1.29, 1.82) is 0 Å². The summed E-state index contributed by atoms with van der Waals surface area (Å²) in [5, 5.41) is 0. The lowest BCUT2D eigenvalue weighted by molar-refractivity contribution is -0.0150. The first-order chi connectivity index (χ1) is 13.7. The van der Waals surface area contributed by atoms with Gasteiger partial charge in [-0.1, -0.05) is 11.6 Å². The van der Waals surface area contributed by atoms with Crippen molar-refractivity contribution in [3.63, 3.8) is 0 Å². The van der Waals surface area contributed by atoms with Crippen LogP contribution >= 0.6 is 0 Å². The summed E-state index contributed by atoms with van der Waals surface area (Å²) in [5.41, 5.74) is 3.42. The average Bonchev–Trinajstić information content (AvgIpc) is 3.08. The van der Waals surface area contributed by atoms with Crippen molar-refractivity contribution in [3.8, 4) is 17.2 Å². The summed E-state index contributed by atoms with van der Waals surface area (Å²) >= 11 is 0. The molecule has 0 amide bonds. The van der Waals surface area contributed by atoms with Crippen LogP contribution in [-0.4, -0.2) is 57.4 Å². The van der Waals surface area contributed by atoms with Crippen LogP contribution in [-0.2, 0) is 10.2 Å². The van der Waals surface area contributed by atoms with Crippen LogP contribution in [0.15, 0.2) is 22.7 Å². The maximum absolute atomic E-state index is 6.42. The Morgan fingerprint density at radius 3 is 2.75 bits per heavy atom. The van der Waals surface area contributed by atoms with E-state index in [-0.39, 0.29) is 5.41 Å². The second kappa shape index (κ2) is 5.44. The molecule has 1 unspecified atom stereocenters. The Balaban J connectivity index is 1.59. The summed E-state index contributed by atoms with van der Waals surface area (Å²) in [5.74, 6) is 4.01. The minimum absolute atomic E-state index is 0.199. The minimum atomic E-state index is -0.199. The molecule has 0 N–H and O–H groups in total. The Labute approximate surface area is 165 Å². The van der Waals surface area contributed by atoms with Crippen molar-refractivity contribution in [1.82, 2.24) is 4.90 Å². The van der Waals surface area contributed by atoms with Crippen LogP contribution in [0.2, 0.25) is 0 Å². The monoisotopic (exact) mass is 382 g/mol. The molecule has 6 aliphatic rings. The highest BCUT2D eigenvalue weighted by Gasteiger charge is 2.69. The number of allylic oxidation sites excluding steroid dienone is 1. The molecule has 7 rings (SSSR count). The molecule has 5 bridgehead atoms. The maximum atomic E-state index is 6.42. The van der Waals surface area contributed by atoms with Crippen LogP contribution in [0.25, 0.3) is 0 Å². The van der Waals surface area contributed by atoms with E-state index in [4.69, 9.17) is 23.9 Å². The molecule has 5 fully saturated rings. The van der Waals surface area contributed by atoms with Gasteiger partial charge in [0.05, 0.1) is 33.4 Å². The topological polar surface area (TPSA) is 52.5 Å². The van der Waals surface area contributed by atoms with E-state index in [0.29, 0.717) is 41.2 Å². The van der Waals surface area contributed by atoms with Gasteiger partial charge in [0.1, 0.15) is 5.69 Å². The van der Waals surface area contributed by atoms with Crippen molar-refractivity contribution in [2.24, 2.45) is 16.8 Å². The van der Waals surface area contributed by atoms with E-state index in [9.17, 15) is 0 Å². The molecule has 6 heterocycles. The molecular weight excluding hydrogens is 356 g/mol. The molecule has 6 aliphatic heterocycles. The van der Waals surface area contributed by atoms with Crippen molar-refractivity contribution in [2.45, 2.75) is 37.3 Å². The fraction of sp³-hybridized carbons (Fsp3) is 0.591. The first-order valence-corrected chi connectivity index (χ1v) is 10.1. The number of rotatable bonds is 3. The van der Waals surface area contributed by atoms with Gasteiger partial charge in [0.15, 0.2) is 11.5 Å². The Bertz CT molecular complexity index is 939. The van der Waals surface area contributed by atoms with Crippen molar-refractivity contribution < 1.29 is 18.9 Å². The van der Waals surface area contributed by atoms with Gasteiger partial charge >= 0.3 is 0 Å². The number of fused-ring (bicyclic) bond motifs is 2. The van der Waals surface area contributed by atoms with E-state index in [1.165, 1.54) is 12.0 Å². The van der Waals surface area contributed by atoms with Crippen LogP contribution in [0.3, 0.4) is 0 Å². The predicted octanol–water partition coefficient (Wildman–Crippen LogP) is 3.06. The zero-order valence-corrected chi connectivity index (χ0v) is 16.8. The van der Waals surface area contributed by atoms with Crippen LogP contribution in [0, 0.1) is 11.8 Å². The molecule has 1 aromatic carbocycles. The quantitative estimate of drug-likeness (QED) is 0.752. The zero-order chi connectivity index (χ0) is 19.2. The van der Waals surface area contributed by atoms with E-state index in [1.807, 2.05) is 0 Å². The fourth-order valence-corrected chi connectivity index (χ4v) is 6.79. The first kappa shape index (κ1) is 16.7. The summed E-state index contributed by atoms with van der Waals surface area (Å²) in [7, 11) is 4.98. The molecule has 28 heavy (non-hydrogen) atoms. The molecular formula is C22H26N2O4. The largest absolute Gasteiger partial charge is 0.493 e. The molecule has 5 saturated heterocycles. The highest BCUT2D eigenvalue weighted by Crippen LogP contribution is 2.65.